The lowest BCUT2D eigenvalue weighted by molar-refractivity contribution is -0.134. The molecule has 1 atom stereocenters. The average molecular weight is 382 g/mol. The van der Waals surface area contributed by atoms with Crippen LogP contribution in [0, 0.1) is 6.92 Å². The van der Waals surface area contributed by atoms with E-state index >= 15 is 0 Å². The molecule has 0 aliphatic carbocycles. The van der Waals surface area contributed by atoms with Gasteiger partial charge in [0.25, 0.3) is 5.91 Å². The largest absolute Gasteiger partial charge is 0.347 e. The van der Waals surface area contributed by atoms with Gasteiger partial charge in [0.05, 0.1) is 11.1 Å². The Hall–Kier alpha value is -2.67. The van der Waals surface area contributed by atoms with Gasteiger partial charge in [0.2, 0.25) is 5.91 Å². The molecule has 1 aromatic carbocycles. The summed E-state index contributed by atoms with van der Waals surface area (Å²) in [5.41, 5.74) is 3.00. The Morgan fingerprint density at radius 3 is 2.78 bits per heavy atom. The Labute approximate surface area is 162 Å². The first-order valence-corrected chi connectivity index (χ1v) is 9.72. The molecule has 0 fully saturated rings. The zero-order chi connectivity index (χ0) is 19.3. The molecule has 27 heavy (non-hydrogen) atoms. The molecule has 7 heteroatoms. The predicted octanol–water partition coefficient (Wildman–Crippen LogP) is 2.77. The van der Waals surface area contributed by atoms with Gasteiger partial charge in [-0.15, -0.1) is 11.3 Å². The first-order chi connectivity index (χ1) is 12.9. The molecule has 0 saturated heterocycles. The molecule has 0 spiro atoms. The number of thiophene rings is 1. The van der Waals surface area contributed by atoms with Crippen LogP contribution in [-0.2, 0) is 18.3 Å². The number of carbonyl (C=O) groups is 2. The number of hydrogen-bond donors (Lipinski definition) is 0. The van der Waals surface area contributed by atoms with Crippen molar-refractivity contribution in [2.75, 3.05) is 20.6 Å². The van der Waals surface area contributed by atoms with Gasteiger partial charge in [-0.25, -0.2) is 0 Å². The van der Waals surface area contributed by atoms with Crippen molar-refractivity contribution in [3.05, 3.63) is 52.2 Å². The number of likely N-dealkylation sites (N-methyl/N-ethyl adjacent to an activating group) is 1. The molecule has 0 bridgehead atoms. The minimum Gasteiger partial charge on any atom is -0.347 e. The fourth-order valence-corrected chi connectivity index (χ4v) is 4.81. The highest BCUT2D eigenvalue weighted by Gasteiger charge is 2.39. The van der Waals surface area contributed by atoms with E-state index in [1.165, 1.54) is 11.3 Å². The Morgan fingerprint density at radius 2 is 2.07 bits per heavy atom. The molecule has 0 radical (unpaired) electrons. The minimum absolute atomic E-state index is 0.0923. The van der Waals surface area contributed by atoms with Crippen LogP contribution in [0.3, 0.4) is 0 Å². The Bertz CT molecular complexity index is 1050. The molecule has 1 unspecified atom stereocenters. The summed E-state index contributed by atoms with van der Waals surface area (Å²) in [6.07, 6.45) is 2.41. The topological polar surface area (TPSA) is 58.4 Å². The first kappa shape index (κ1) is 17.7. The van der Waals surface area contributed by atoms with Gasteiger partial charge >= 0.3 is 0 Å². The number of aryl methyl sites for hydroxylation is 2. The predicted molar refractivity (Wildman–Crippen MR) is 106 cm³/mol. The second-order valence-electron chi connectivity index (χ2n) is 7.16. The van der Waals surface area contributed by atoms with Gasteiger partial charge < -0.3 is 9.80 Å². The highest BCUT2D eigenvalue weighted by atomic mass is 32.1. The van der Waals surface area contributed by atoms with E-state index in [0.717, 1.165) is 26.9 Å². The SMILES string of the molecule is Cc1cccc2cc(C(=O)N3CCc4c(cnn4C)C3C(=O)N(C)C)sc12. The van der Waals surface area contributed by atoms with Crippen molar-refractivity contribution in [2.45, 2.75) is 19.4 Å². The van der Waals surface area contributed by atoms with E-state index in [1.54, 1.807) is 34.8 Å². The van der Waals surface area contributed by atoms with Gasteiger partial charge in [-0.1, -0.05) is 18.2 Å². The van der Waals surface area contributed by atoms with Crippen LogP contribution in [0.15, 0.2) is 30.5 Å². The average Bonchev–Trinajstić information content (AvgIpc) is 3.24. The molecular weight excluding hydrogens is 360 g/mol. The smallest absolute Gasteiger partial charge is 0.264 e. The highest BCUT2D eigenvalue weighted by molar-refractivity contribution is 7.21. The molecular formula is C20H22N4O2S. The number of hydrogen-bond acceptors (Lipinski definition) is 4. The summed E-state index contributed by atoms with van der Waals surface area (Å²) in [6.45, 7) is 2.55. The summed E-state index contributed by atoms with van der Waals surface area (Å²) in [5, 5.41) is 5.38. The lowest BCUT2D eigenvalue weighted by atomic mass is 9.97. The van der Waals surface area contributed by atoms with Crippen LogP contribution in [0.4, 0.5) is 0 Å². The van der Waals surface area contributed by atoms with E-state index in [0.29, 0.717) is 17.8 Å². The van der Waals surface area contributed by atoms with Gasteiger partial charge in [-0.2, -0.15) is 5.10 Å². The molecule has 3 heterocycles. The molecule has 1 aliphatic rings. The zero-order valence-corrected chi connectivity index (χ0v) is 16.7. The van der Waals surface area contributed by atoms with Crippen molar-refractivity contribution >= 4 is 33.2 Å². The third kappa shape index (κ3) is 2.82. The molecule has 4 rings (SSSR count). The van der Waals surface area contributed by atoms with E-state index in [-0.39, 0.29) is 11.8 Å². The summed E-state index contributed by atoms with van der Waals surface area (Å²) >= 11 is 1.50. The number of rotatable bonds is 2. The van der Waals surface area contributed by atoms with E-state index < -0.39 is 6.04 Å². The first-order valence-electron chi connectivity index (χ1n) is 8.90. The number of nitrogens with zero attached hydrogens (tertiary/aromatic N) is 4. The summed E-state index contributed by atoms with van der Waals surface area (Å²) in [4.78, 5) is 30.2. The van der Waals surface area contributed by atoms with Gasteiger partial charge in [0.15, 0.2) is 0 Å². The number of fused-ring (bicyclic) bond motifs is 2. The fourth-order valence-electron chi connectivity index (χ4n) is 3.72. The van der Waals surface area contributed by atoms with Crippen LogP contribution in [0.1, 0.15) is 32.5 Å². The number of benzene rings is 1. The van der Waals surface area contributed by atoms with E-state index in [2.05, 4.69) is 5.10 Å². The van der Waals surface area contributed by atoms with Crippen LogP contribution in [0.2, 0.25) is 0 Å². The van der Waals surface area contributed by atoms with Crippen LogP contribution < -0.4 is 0 Å². The van der Waals surface area contributed by atoms with Gasteiger partial charge in [0.1, 0.15) is 6.04 Å². The maximum atomic E-state index is 13.4. The van der Waals surface area contributed by atoms with Crippen LogP contribution in [0.25, 0.3) is 10.1 Å². The van der Waals surface area contributed by atoms with Crippen molar-refractivity contribution in [1.82, 2.24) is 19.6 Å². The maximum Gasteiger partial charge on any atom is 0.264 e. The zero-order valence-electron chi connectivity index (χ0n) is 15.9. The van der Waals surface area contributed by atoms with Gasteiger partial charge in [-0.05, 0) is 23.9 Å². The molecule has 140 valence electrons. The lowest BCUT2D eigenvalue weighted by Crippen LogP contribution is -2.46. The van der Waals surface area contributed by atoms with Crippen molar-refractivity contribution in [2.24, 2.45) is 7.05 Å². The summed E-state index contributed by atoms with van der Waals surface area (Å²) in [6, 6.07) is 7.38. The number of aromatic nitrogens is 2. The van der Waals surface area contributed by atoms with Crippen molar-refractivity contribution in [3.8, 4) is 0 Å². The number of carbonyl (C=O) groups excluding carboxylic acids is 2. The van der Waals surface area contributed by atoms with Crippen molar-refractivity contribution < 1.29 is 9.59 Å². The van der Waals surface area contributed by atoms with Crippen molar-refractivity contribution in [1.29, 1.82) is 0 Å². The molecule has 0 saturated carbocycles. The van der Waals surface area contributed by atoms with E-state index in [9.17, 15) is 9.59 Å². The van der Waals surface area contributed by atoms with Gasteiger partial charge in [0, 0.05) is 50.1 Å². The molecule has 2 amide bonds. The second-order valence-corrected chi connectivity index (χ2v) is 8.21. The quantitative estimate of drug-likeness (QED) is 0.685. The lowest BCUT2D eigenvalue weighted by Gasteiger charge is -2.35. The summed E-state index contributed by atoms with van der Waals surface area (Å²) in [7, 11) is 5.32. The van der Waals surface area contributed by atoms with E-state index in [1.807, 2.05) is 38.2 Å². The summed E-state index contributed by atoms with van der Waals surface area (Å²) < 4.78 is 2.92. The Balaban J connectivity index is 1.77. The van der Waals surface area contributed by atoms with Crippen LogP contribution >= 0.6 is 11.3 Å². The maximum absolute atomic E-state index is 13.4. The van der Waals surface area contributed by atoms with Crippen LogP contribution in [-0.4, -0.2) is 52.0 Å². The van der Waals surface area contributed by atoms with Gasteiger partial charge in [-0.3, -0.25) is 14.3 Å². The second kappa shape index (κ2) is 6.49. The van der Waals surface area contributed by atoms with E-state index in [4.69, 9.17) is 0 Å². The molecule has 1 aliphatic heterocycles. The third-order valence-corrected chi connectivity index (χ3v) is 6.45. The molecule has 6 nitrogen and oxygen atoms in total. The minimum atomic E-state index is -0.628. The normalized spacial score (nSPS) is 16.4. The standard InChI is InChI=1S/C20H22N4O2S/c1-12-6-5-7-13-10-16(27-18(12)13)19(25)24-9-8-15-14(11-21-23(15)4)17(24)20(26)22(2)3/h5-7,10-11,17H,8-9H2,1-4H3. The Kier molecular flexibility index (Phi) is 4.26. The highest BCUT2D eigenvalue weighted by Crippen LogP contribution is 2.35. The molecule has 0 N–H and O–H groups in total. The third-order valence-electron chi connectivity index (χ3n) is 5.18. The van der Waals surface area contributed by atoms with Crippen LogP contribution in [0.5, 0.6) is 0 Å². The monoisotopic (exact) mass is 382 g/mol. The fraction of sp³-hybridized carbons (Fsp3) is 0.350. The number of amides is 2. The summed E-state index contributed by atoms with van der Waals surface area (Å²) in [5.74, 6) is -0.195. The van der Waals surface area contributed by atoms with Crippen molar-refractivity contribution in [3.63, 3.8) is 0 Å². The molecule has 2 aromatic heterocycles. The molecule has 3 aromatic rings. The Morgan fingerprint density at radius 1 is 1.30 bits per heavy atom.